The molecule has 174 valence electrons. The summed E-state index contributed by atoms with van der Waals surface area (Å²) in [5.41, 5.74) is 6.49. The predicted octanol–water partition coefficient (Wildman–Crippen LogP) is 2.50. The van der Waals surface area contributed by atoms with Gasteiger partial charge < -0.3 is 20.7 Å². The normalized spacial score (nSPS) is 26.2. The number of amides is 3. The van der Waals surface area contributed by atoms with Gasteiger partial charge in [0.1, 0.15) is 11.2 Å². The summed E-state index contributed by atoms with van der Waals surface area (Å²) in [5, 5.41) is 8.14. The van der Waals surface area contributed by atoms with E-state index in [0.29, 0.717) is 54.3 Å². The van der Waals surface area contributed by atoms with Crippen molar-refractivity contribution in [3.8, 4) is 11.3 Å². The summed E-state index contributed by atoms with van der Waals surface area (Å²) in [7, 11) is 1.65. The van der Waals surface area contributed by atoms with Gasteiger partial charge in [-0.3, -0.25) is 14.3 Å². The van der Waals surface area contributed by atoms with E-state index in [1.165, 1.54) is 0 Å². The number of benzene rings is 1. The number of nitrogens with two attached hydrogens (primary N) is 1. The van der Waals surface area contributed by atoms with Crippen LogP contribution in [0.5, 0.6) is 0 Å². The van der Waals surface area contributed by atoms with Gasteiger partial charge in [-0.2, -0.15) is 5.10 Å². The van der Waals surface area contributed by atoms with Crippen LogP contribution >= 0.6 is 11.6 Å². The first-order valence-corrected chi connectivity index (χ1v) is 11.4. The number of fused-ring (bicyclic) bond motifs is 4. The molecule has 1 aliphatic heterocycles. The SMILES string of the molecule is COC12CCC(NC(=O)N3CCn4nc(-c5cccc(Cl)c5)c(C(N)=O)c4C3)(CC1)C(=O)C2. The first-order valence-electron chi connectivity index (χ1n) is 11.1. The molecule has 3 aliphatic carbocycles. The molecule has 0 saturated heterocycles. The highest BCUT2D eigenvalue weighted by molar-refractivity contribution is 6.30. The van der Waals surface area contributed by atoms with Gasteiger partial charge in [0.2, 0.25) is 0 Å². The van der Waals surface area contributed by atoms with E-state index in [-0.39, 0.29) is 29.5 Å². The lowest BCUT2D eigenvalue weighted by Crippen LogP contribution is -2.66. The number of nitrogens with zero attached hydrogens (tertiary/aromatic N) is 3. The van der Waals surface area contributed by atoms with Crippen LogP contribution in [0.1, 0.15) is 48.2 Å². The van der Waals surface area contributed by atoms with E-state index in [1.807, 2.05) is 6.07 Å². The van der Waals surface area contributed by atoms with Crippen molar-refractivity contribution in [2.45, 2.75) is 56.3 Å². The zero-order valence-corrected chi connectivity index (χ0v) is 19.2. The second-order valence-corrected chi connectivity index (χ2v) is 9.63. The molecule has 9 nitrogen and oxygen atoms in total. The molecule has 2 bridgehead atoms. The number of carbonyl (C=O) groups is 3. The summed E-state index contributed by atoms with van der Waals surface area (Å²) < 4.78 is 7.34. The fourth-order valence-corrected chi connectivity index (χ4v) is 5.58. The molecular weight excluding hydrogens is 446 g/mol. The summed E-state index contributed by atoms with van der Waals surface area (Å²) >= 11 is 6.12. The first-order chi connectivity index (χ1) is 15.8. The first kappa shape index (κ1) is 21.9. The average molecular weight is 472 g/mol. The van der Waals surface area contributed by atoms with Gasteiger partial charge in [-0.15, -0.1) is 0 Å². The monoisotopic (exact) mass is 471 g/mol. The van der Waals surface area contributed by atoms with Crippen LogP contribution in [0.3, 0.4) is 0 Å². The van der Waals surface area contributed by atoms with Gasteiger partial charge in [0.15, 0.2) is 5.78 Å². The molecule has 10 heteroatoms. The summed E-state index contributed by atoms with van der Waals surface area (Å²) in [6.45, 7) is 0.987. The number of ketones is 1. The van der Waals surface area contributed by atoms with E-state index < -0.39 is 11.4 Å². The highest BCUT2D eigenvalue weighted by Gasteiger charge is 2.55. The number of Topliss-reactive ketones (excluding diaryl/α,β-unsaturated/α-hetero) is 1. The molecule has 3 amide bonds. The molecular formula is C23H26ClN5O4. The lowest BCUT2D eigenvalue weighted by molar-refractivity contribution is -0.151. The molecule has 4 aliphatic rings. The molecule has 3 fully saturated rings. The Bertz CT molecular complexity index is 1150. The van der Waals surface area contributed by atoms with Crippen LogP contribution in [0.2, 0.25) is 5.02 Å². The van der Waals surface area contributed by atoms with Crippen molar-refractivity contribution in [2.75, 3.05) is 13.7 Å². The summed E-state index contributed by atoms with van der Waals surface area (Å²) in [6, 6.07) is 6.74. The van der Waals surface area contributed by atoms with Gasteiger partial charge in [-0.1, -0.05) is 23.7 Å². The van der Waals surface area contributed by atoms with Crippen LogP contribution in [0.25, 0.3) is 11.3 Å². The van der Waals surface area contributed by atoms with Crippen molar-refractivity contribution in [1.82, 2.24) is 20.0 Å². The summed E-state index contributed by atoms with van der Waals surface area (Å²) in [5.74, 6) is -0.587. The number of halogens is 1. The third-order valence-electron chi connectivity index (χ3n) is 7.42. The third-order valence-corrected chi connectivity index (χ3v) is 7.66. The van der Waals surface area contributed by atoms with Gasteiger partial charge in [0.25, 0.3) is 5.91 Å². The number of hydrogen-bond donors (Lipinski definition) is 2. The standard InChI is InChI=1S/C23H26ClN5O4/c1-33-22-5-7-23(8-6-22,17(30)12-22)26-21(32)28-9-10-29-16(13-28)18(20(25)31)19(27-29)14-3-2-4-15(24)11-14/h2-4,11H,5-10,12-13H2,1H3,(H2,25,31)(H,26,32). The van der Waals surface area contributed by atoms with E-state index in [0.717, 1.165) is 12.8 Å². The van der Waals surface area contributed by atoms with Crippen LogP contribution in [-0.2, 0) is 22.6 Å². The van der Waals surface area contributed by atoms with Gasteiger partial charge in [0.05, 0.1) is 29.9 Å². The molecule has 6 rings (SSSR count). The minimum Gasteiger partial charge on any atom is -0.378 e. The van der Waals surface area contributed by atoms with Crippen molar-refractivity contribution < 1.29 is 19.1 Å². The number of methoxy groups -OCH3 is 1. The van der Waals surface area contributed by atoms with Crippen molar-refractivity contribution >= 4 is 29.3 Å². The Balaban J connectivity index is 1.39. The minimum absolute atomic E-state index is 0.0262. The fourth-order valence-electron chi connectivity index (χ4n) is 5.39. The van der Waals surface area contributed by atoms with Crippen LogP contribution in [0.4, 0.5) is 4.79 Å². The van der Waals surface area contributed by atoms with Gasteiger partial charge in [-0.05, 0) is 37.8 Å². The number of rotatable bonds is 4. The molecule has 0 atom stereocenters. The zero-order chi connectivity index (χ0) is 23.4. The number of urea groups is 1. The molecule has 3 saturated carbocycles. The van der Waals surface area contributed by atoms with E-state index >= 15 is 0 Å². The van der Waals surface area contributed by atoms with Crippen molar-refractivity contribution in [2.24, 2.45) is 5.73 Å². The molecule has 1 aromatic carbocycles. The van der Waals surface area contributed by atoms with Crippen molar-refractivity contribution in [3.05, 3.63) is 40.5 Å². The smallest absolute Gasteiger partial charge is 0.318 e. The van der Waals surface area contributed by atoms with E-state index in [2.05, 4.69) is 10.4 Å². The second kappa shape index (κ2) is 7.85. The maximum absolute atomic E-state index is 13.2. The molecule has 2 heterocycles. The van der Waals surface area contributed by atoms with Crippen molar-refractivity contribution in [1.29, 1.82) is 0 Å². The quantitative estimate of drug-likeness (QED) is 0.709. The number of ether oxygens (including phenoxy) is 1. The highest BCUT2D eigenvalue weighted by atomic mass is 35.5. The van der Waals surface area contributed by atoms with E-state index in [1.54, 1.807) is 34.9 Å². The Morgan fingerprint density at radius 1 is 1.21 bits per heavy atom. The van der Waals surface area contributed by atoms with E-state index in [9.17, 15) is 14.4 Å². The highest BCUT2D eigenvalue weighted by Crippen LogP contribution is 2.46. The Morgan fingerprint density at radius 2 is 1.97 bits per heavy atom. The Kier molecular flexibility index (Phi) is 5.21. The maximum atomic E-state index is 13.2. The largest absolute Gasteiger partial charge is 0.378 e. The Hall–Kier alpha value is -2.91. The van der Waals surface area contributed by atoms with Crippen LogP contribution in [0.15, 0.2) is 24.3 Å². The number of aromatic nitrogens is 2. The average Bonchev–Trinajstić information content (AvgIpc) is 3.19. The number of carbonyl (C=O) groups excluding carboxylic acids is 3. The summed E-state index contributed by atoms with van der Waals surface area (Å²) in [6.07, 6.45) is 2.96. The van der Waals surface area contributed by atoms with Crippen LogP contribution in [-0.4, -0.2) is 57.2 Å². The van der Waals surface area contributed by atoms with Gasteiger partial charge >= 0.3 is 6.03 Å². The molecule has 2 aromatic rings. The molecule has 0 radical (unpaired) electrons. The fraction of sp³-hybridized carbons (Fsp3) is 0.478. The predicted molar refractivity (Wildman–Crippen MR) is 121 cm³/mol. The van der Waals surface area contributed by atoms with Crippen LogP contribution in [0, 0.1) is 0 Å². The van der Waals surface area contributed by atoms with Gasteiger partial charge in [0, 0.05) is 30.7 Å². The molecule has 0 spiro atoms. The molecule has 33 heavy (non-hydrogen) atoms. The second-order valence-electron chi connectivity index (χ2n) is 9.19. The Labute approximate surface area is 196 Å². The van der Waals surface area contributed by atoms with E-state index in [4.69, 9.17) is 22.1 Å². The molecule has 0 unspecified atom stereocenters. The topological polar surface area (TPSA) is 120 Å². The lowest BCUT2D eigenvalue weighted by Gasteiger charge is -2.51. The minimum atomic E-state index is -0.840. The third kappa shape index (κ3) is 3.59. The Morgan fingerprint density at radius 3 is 2.61 bits per heavy atom. The summed E-state index contributed by atoms with van der Waals surface area (Å²) in [4.78, 5) is 40.1. The van der Waals surface area contributed by atoms with Gasteiger partial charge in [-0.25, -0.2) is 4.79 Å². The molecule has 1 aromatic heterocycles. The molecule has 3 N–H and O–H groups in total. The van der Waals surface area contributed by atoms with Crippen molar-refractivity contribution in [3.63, 3.8) is 0 Å². The maximum Gasteiger partial charge on any atom is 0.318 e. The van der Waals surface area contributed by atoms with Crippen LogP contribution < -0.4 is 11.1 Å². The number of nitrogens with one attached hydrogen (secondary N) is 1. The number of primary amides is 1. The lowest BCUT2D eigenvalue weighted by atomic mass is 9.62. The zero-order valence-electron chi connectivity index (χ0n) is 18.4. The number of hydrogen-bond acceptors (Lipinski definition) is 5.